The van der Waals surface area contributed by atoms with Crippen molar-refractivity contribution in [3.05, 3.63) is 47.2 Å². The SMILES string of the molecule is CCCC(=O)Nc1cccc(CNC(=NC)NCc2nc(C)c(C)o2)c1.I. The number of rotatable bonds is 7. The van der Waals surface area contributed by atoms with Gasteiger partial charge in [0.15, 0.2) is 5.96 Å². The Bertz CT molecular complexity index is 754. The van der Waals surface area contributed by atoms with E-state index in [9.17, 15) is 4.79 Å². The number of guanidine groups is 1. The highest BCUT2D eigenvalue weighted by Gasteiger charge is 2.07. The summed E-state index contributed by atoms with van der Waals surface area (Å²) in [5, 5.41) is 9.32. The Morgan fingerprint density at radius 2 is 1.96 bits per heavy atom. The maximum absolute atomic E-state index is 11.7. The van der Waals surface area contributed by atoms with Crippen LogP contribution >= 0.6 is 24.0 Å². The van der Waals surface area contributed by atoms with Gasteiger partial charge in [0.25, 0.3) is 0 Å². The van der Waals surface area contributed by atoms with Gasteiger partial charge in [0.05, 0.1) is 12.2 Å². The third-order valence-corrected chi connectivity index (χ3v) is 3.85. The third-order valence-electron chi connectivity index (χ3n) is 3.85. The number of carbonyl (C=O) groups excluding carboxylic acids is 1. The Kier molecular flexibility index (Phi) is 9.84. The highest BCUT2D eigenvalue weighted by molar-refractivity contribution is 14.0. The lowest BCUT2D eigenvalue weighted by Gasteiger charge is -2.12. The maximum atomic E-state index is 11.7. The molecule has 0 radical (unpaired) electrons. The molecule has 2 aromatic rings. The fraction of sp³-hybridized carbons (Fsp3) is 0.421. The third kappa shape index (κ3) is 7.58. The van der Waals surface area contributed by atoms with Crippen molar-refractivity contribution in [2.24, 2.45) is 4.99 Å². The van der Waals surface area contributed by atoms with E-state index in [-0.39, 0.29) is 29.9 Å². The highest BCUT2D eigenvalue weighted by Crippen LogP contribution is 2.11. The summed E-state index contributed by atoms with van der Waals surface area (Å²) in [5.74, 6) is 2.14. The summed E-state index contributed by atoms with van der Waals surface area (Å²) in [6.07, 6.45) is 1.36. The predicted octanol–water partition coefficient (Wildman–Crippen LogP) is 3.51. The van der Waals surface area contributed by atoms with Gasteiger partial charge in [-0.1, -0.05) is 19.1 Å². The predicted molar refractivity (Wildman–Crippen MR) is 118 cm³/mol. The summed E-state index contributed by atoms with van der Waals surface area (Å²) in [6, 6.07) is 7.76. The van der Waals surface area contributed by atoms with Crippen LogP contribution in [0.5, 0.6) is 0 Å². The molecule has 0 fully saturated rings. The lowest BCUT2D eigenvalue weighted by Crippen LogP contribution is -2.36. The Morgan fingerprint density at radius 3 is 2.59 bits per heavy atom. The minimum absolute atomic E-state index is 0. The fourth-order valence-corrected chi connectivity index (χ4v) is 2.39. The van der Waals surface area contributed by atoms with E-state index in [1.807, 2.05) is 45.0 Å². The lowest BCUT2D eigenvalue weighted by molar-refractivity contribution is -0.116. The number of amides is 1. The molecule has 7 nitrogen and oxygen atoms in total. The van der Waals surface area contributed by atoms with Crippen molar-refractivity contribution in [3.63, 3.8) is 0 Å². The molecule has 0 aliphatic carbocycles. The quantitative estimate of drug-likeness (QED) is 0.317. The van der Waals surface area contributed by atoms with Gasteiger partial charge in [-0.2, -0.15) is 0 Å². The standard InChI is InChI=1S/C19H27N5O2.HI/c1-5-7-17(25)24-16-9-6-8-15(10-16)11-21-19(20-4)22-12-18-23-13(2)14(3)26-18;/h6,8-10H,5,7,11-12H2,1-4H3,(H,24,25)(H2,20,21,22);1H. The van der Waals surface area contributed by atoms with Gasteiger partial charge in [0.2, 0.25) is 11.8 Å². The van der Waals surface area contributed by atoms with E-state index >= 15 is 0 Å². The number of nitrogens with zero attached hydrogens (tertiary/aromatic N) is 2. The molecule has 1 aromatic heterocycles. The minimum Gasteiger partial charge on any atom is -0.444 e. The second-order valence-electron chi connectivity index (χ2n) is 6.03. The largest absolute Gasteiger partial charge is 0.444 e. The van der Waals surface area contributed by atoms with E-state index in [1.54, 1.807) is 7.05 Å². The number of hydrogen-bond donors (Lipinski definition) is 3. The van der Waals surface area contributed by atoms with E-state index in [4.69, 9.17) is 4.42 Å². The maximum Gasteiger partial charge on any atom is 0.224 e. The van der Waals surface area contributed by atoms with Crippen LogP contribution in [0.4, 0.5) is 5.69 Å². The minimum atomic E-state index is 0. The van der Waals surface area contributed by atoms with E-state index in [1.165, 1.54) is 0 Å². The Balaban J connectivity index is 0.00000364. The van der Waals surface area contributed by atoms with Crippen LogP contribution in [0.1, 0.15) is 42.7 Å². The molecule has 2 rings (SSSR count). The van der Waals surface area contributed by atoms with Crippen LogP contribution in [0.25, 0.3) is 0 Å². The number of anilines is 1. The van der Waals surface area contributed by atoms with E-state index in [2.05, 4.69) is 25.9 Å². The van der Waals surface area contributed by atoms with E-state index in [0.29, 0.717) is 31.4 Å². The van der Waals surface area contributed by atoms with Gasteiger partial charge in [0, 0.05) is 25.7 Å². The molecular weight excluding hydrogens is 457 g/mol. The van der Waals surface area contributed by atoms with Crippen LogP contribution < -0.4 is 16.0 Å². The summed E-state index contributed by atoms with van der Waals surface area (Å²) in [6.45, 7) is 6.84. The van der Waals surface area contributed by atoms with Gasteiger partial charge in [-0.25, -0.2) is 4.98 Å². The molecule has 0 aliphatic heterocycles. The highest BCUT2D eigenvalue weighted by atomic mass is 127. The first kappa shape index (κ1) is 22.9. The van der Waals surface area contributed by atoms with Crippen LogP contribution in [0, 0.1) is 13.8 Å². The van der Waals surface area contributed by atoms with Crippen LogP contribution in [-0.4, -0.2) is 23.9 Å². The summed E-state index contributed by atoms with van der Waals surface area (Å²) in [4.78, 5) is 20.2. The number of aliphatic imine (C=N–C) groups is 1. The molecule has 1 aromatic carbocycles. The molecular formula is C19H28IN5O2. The number of oxazole rings is 1. The number of benzene rings is 1. The zero-order chi connectivity index (χ0) is 18.9. The number of halogens is 1. The van der Waals surface area contributed by atoms with Gasteiger partial charge in [-0.05, 0) is 38.0 Å². The average molecular weight is 485 g/mol. The number of nitrogens with one attached hydrogen (secondary N) is 3. The van der Waals surface area contributed by atoms with E-state index < -0.39 is 0 Å². The number of carbonyl (C=O) groups is 1. The van der Waals surface area contributed by atoms with Crippen molar-refractivity contribution in [2.45, 2.75) is 46.7 Å². The topological polar surface area (TPSA) is 91.5 Å². The first-order chi connectivity index (χ1) is 12.5. The van der Waals surface area contributed by atoms with Crippen molar-refractivity contribution in [1.29, 1.82) is 0 Å². The normalized spacial score (nSPS) is 10.9. The molecule has 148 valence electrons. The zero-order valence-corrected chi connectivity index (χ0v) is 18.6. The Hall–Kier alpha value is -2.10. The lowest BCUT2D eigenvalue weighted by atomic mass is 10.2. The molecule has 0 atom stereocenters. The number of hydrogen-bond acceptors (Lipinski definition) is 4. The Morgan fingerprint density at radius 1 is 1.22 bits per heavy atom. The van der Waals surface area contributed by atoms with Gasteiger partial charge in [-0.15, -0.1) is 24.0 Å². The summed E-state index contributed by atoms with van der Waals surface area (Å²) in [5.41, 5.74) is 2.74. The van der Waals surface area contributed by atoms with Crippen molar-refractivity contribution in [3.8, 4) is 0 Å². The molecule has 8 heteroatoms. The molecule has 0 unspecified atom stereocenters. The van der Waals surface area contributed by atoms with E-state index in [0.717, 1.165) is 29.1 Å². The van der Waals surface area contributed by atoms with Crippen molar-refractivity contribution in [2.75, 3.05) is 12.4 Å². The zero-order valence-electron chi connectivity index (χ0n) is 16.3. The van der Waals surface area contributed by atoms with Crippen LogP contribution in [0.3, 0.4) is 0 Å². The molecule has 0 spiro atoms. The fourth-order valence-electron chi connectivity index (χ4n) is 2.39. The molecule has 0 bridgehead atoms. The smallest absolute Gasteiger partial charge is 0.224 e. The van der Waals surface area contributed by atoms with Gasteiger partial charge in [-0.3, -0.25) is 9.79 Å². The van der Waals surface area contributed by atoms with Crippen LogP contribution in [0.15, 0.2) is 33.7 Å². The summed E-state index contributed by atoms with van der Waals surface area (Å²) >= 11 is 0. The van der Waals surface area contributed by atoms with Crippen molar-refractivity contribution < 1.29 is 9.21 Å². The van der Waals surface area contributed by atoms with Crippen molar-refractivity contribution in [1.82, 2.24) is 15.6 Å². The van der Waals surface area contributed by atoms with Gasteiger partial charge in [0.1, 0.15) is 5.76 Å². The van der Waals surface area contributed by atoms with Gasteiger partial charge >= 0.3 is 0 Å². The molecule has 0 saturated carbocycles. The Labute approximate surface area is 177 Å². The molecule has 1 heterocycles. The molecule has 1 amide bonds. The molecule has 27 heavy (non-hydrogen) atoms. The molecule has 3 N–H and O–H groups in total. The average Bonchev–Trinajstić information content (AvgIpc) is 2.93. The van der Waals surface area contributed by atoms with Crippen molar-refractivity contribution >= 4 is 41.5 Å². The van der Waals surface area contributed by atoms with Crippen LogP contribution in [0.2, 0.25) is 0 Å². The summed E-state index contributed by atoms with van der Waals surface area (Å²) < 4.78 is 5.55. The molecule has 0 aliphatic rings. The number of aromatic nitrogens is 1. The first-order valence-electron chi connectivity index (χ1n) is 8.78. The van der Waals surface area contributed by atoms with Crippen LogP contribution in [-0.2, 0) is 17.9 Å². The molecule has 0 saturated heterocycles. The second kappa shape index (κ2) is 11.6. The van der Waals surface area contributed by atoms with Gasteiger partial charge < -0.3 is 20.4 Å². The summed E-state index contributed by atoms with van der Waals surface area (Å²) in [7, 11) is 1.71. The number of aryl methyl sites for hydroxylation is 2. The first-order valence-corrected chi connectivity index (χ1v) is 8.78. The second-order valence-corrected chi connectivity index (χ2v) is 6.03. The monoisotopic (exact) mass is 485 g/mol.